The molecule has 0 fully saturated rings. The molecule has 2 unspecified atom stereocenters. The van der Waals surface area contributed by atoms with Crippen molar-refractivity contribution in [3.05, 3.63) is 24.3 Å². The molecule has 1 N–H and O–H groups in total. The zero-order valence-electron chi connectivity index (χ0n) is 59.8. The van der Waals surface area contributed by atoms with Crippen molar-refractivity contribution in [1.82, 2.24) is 0 Å². The van der Waals surface area contributed by atoms with Crippen LogP contribution in [0.1, 0.15) is 412 Å². The first-order valence-electron chi connectivity index (χ1n) is 39.1. The van der Waals surface area contributed by atoms with Crippen LogP contribution in [0.25, 0.3) is 0 Å². The maximum Gasteiger partial charge on any atom is 0.472 e. The smallest absolute Gasteiger partial charge is 0.462 e. The number of hydrogen-bond donors (Lipinski definition) is 1. The molecule has 0 rings (SSSR count). The second-order valence-corrected chi connectivity index (χ2v) is 29.6. The van der Waals surface area contributed by atoms with Gasteiger partial charge in [0.25, 0.3) is 0 Å². The molecule has 0 radical (unpaired) electrons. The molecular weight excluding hydrogens is 1110 g/mol. The average Bonchev–Trinajstić information content (AvgIpc) is 3.57. The van der Waals surface area contributed by atoms with Gasteiger partial charge in [0.15, 0.2) is 6.10 Å². The number of likely N-dealkylation sites (N-methyl/N-ethyl adjacent to an activating group) is 1. The zero-order valence-corrected chi connectivity index (χ0v) is 60.6. The SMILES string of the molecule is CCCCCCC/C=C\C/C=C\CCCCCCCCCCCCCCCC(=O)OC(COC(=O)CCCCCCCCCCCCCCCCCCCCCCCCCCCCCCCCCCCCCCCCC)COP(=O)(O)OCC[N+](C)(C)C. The molecule has 0 heterocycles. The first-order chi connectivity index (χ1) is 43.0. The lowest BCUT2D eigenvalue weighted by Crippen LogP contribution is -2.37. The highest BCUT2D eigenvalue weighted by Crippen LogP contribution is 2.43. The fraction of sp³-hybridized carbons (Fsp3) is 0.923. The van der Waals surface area contributed by atoms with Crippen LogP contribution in [0.4, 0.5) is 0 Å². The van der Waals surface area contributed by atoms with Crippen LogP contribution in [0.15, 0.2) is 24.3 Å². The number of esters is 2. The molecule has 0 aliphatic carbocycles. The Hall–Kier alpha value is -1.51. The van der Waals surface area contributed by atoms with Gasteiger partial charge in [-0.2, -0.15) is 0 Å². The van der Waals surface area contributed by atoms with E-state index in [-0.39, 0.29) is 25.6 Å². The van der Waals surface area contributed by atoms with Crippen molar-refractivity contribution in [2.75, 3.05) is 47.5 Å². The number of carbonyl (C=O) groups is 2. The number of ether oxygens (including phenoxy) is 2. The number of phosphoric ester groups is 1. The van der Waals surface area contributed by atoms with Gasteiger partial charge in [-0.3, -0.25) is 18.6 Å². The number of rotatable bonds is 74. The van der Waals surface area contributed by atoms with E-state index in [0.29, 0.717) is 23.9 Å². The highest BCUT2D eigenvalue weighted by atomic mass is 31.2. The summed E-state index contributed by atoms with van der Waals surface area (Å²) in [5, 5.41) is 0. The molecule has 0 aliphatic heterocycles. The maximum absolute atomic E-state index is 12.9. The number of hydrogen-bond acceptors (Lipinski definition) is 7. The first-order valence-corrected chi connectivity index (χ1v) is 40.6. The number of phosphoric acid groups is 1. The molecule has 10 heteroatoms. The molecule has 9 nitrogen and oxygen atoms in total. The van der Waals surface area contributed by atoms with Gasteiger partial charge >= 0.3 is 19.8 Å². The molecular formula is C78H153NO8P+. The van der Waals surface area contributed by atoms with Crippen molar-refractivity contribution >= 4 is 19.8 Å². The Bertz CT molecular complexity index is 1530. The number of quaternary nitrogens is 1. The second-order valence-electron chi connectivity index (χ2n) is 28.1. The Morgan fingerprint density at radius 1 is 0.352 bits per heavy atom. The third-order valence-electron chi connectivity index (χ3n) is 18.0. The summed E-state index contributed by atoms with van der Waals surface area (Å²) >= 11 is 0. The Labute approximate surface area is 549 Å². The lowest BCUT2D eigenvalue weighted by molar-refractivity contribution is -0.870. The van der Waals surface area contributed by atoms with Crippen LogP contribution < -0.4 is 0 Å². The average molecular weight is 1260 g/mol. The molecule has 0 saturated heterocycles. The second kappa shape index (κ2) is 69.8. The zero-order chi connectivity index (χ0) is 64.1. The van der Waals surface area contributed by atoms with E-state index in [2.05, 4.69) is 38.2 Å². The minimum absolute atomic E-state index is 0.0348. The van der Waals surface area contributed by atoms with Gasteiger partial charge in [0.2, 0.25) is 0 Å². The molecule has 0 aromatic heterocycles. The molecule has 0 aliphatic rings. The van der Waals surface area contributed by atoms with Crippen LogP contribution in [-0.4, -0.2) is 74.9 Å². The van der Waals surface area contributed by atoms with Crippen molar-refractivity contribution in [3.8, 4) is 0 Å². The molecule has 88 heavy (non-hydrogen) atoms. The van der Waals surface area contributed by atoms with Crippen LogP contribution in [0.5, 0.6) is 0 Å². The molecule has 0 aromatic carbocycles. The fourth-order valence-corrected chi connectivity index (χ4v) is 12.7. The first kappa shape index (κ1) is 86.5. The number of allylic oxidation sites excluding steroid dienone is 4. The van der Waals surface area contributed by atoms with Gasteiger partial charge in [-0.15, -0.1) is 0 Å². The topological polar surface area (TPSA) is 108 Å². The third-order valence-corrected chi connectivity index (χ3v) is 19.0. The van der Waals surface area contributed by atoms with Crippen LogP contribution >= 0.6 is 7.82 Å². The lowest BCUT2D eigenvalue weighted by Gasteiger charge is -2.24. The summed E-state index contributed by atoms with van der Waals surface area (Å²) in [6.07, 6.45) is 89.0. The van der Waals surface area contributed by atoms with Crippen LogP contribution in [0, 0.1) is 0 Å². The molecule has 522 valence electrons. The van der Waals surface area contributed by atoms with Gasteiger partial charge < -0.3 is 18.9 Å². The Morgan fingerprint density at radius 2 is 0.614 bits per heavy atom. The summed E-state index contributed by atoms with van der Waals surface area (Å²) in [4.78, 5) is 35.9. The van der Waals surface area contributed by atoms with Gasteiger partial charge in [0.05, 0.1) is 27.7 Å². The molecule has 0 bridgehead atoms. The third kappa shape index (κ3) is 73.5. The van der Waals surface area contributed by atoms with Crippen molar-refractivity contribution in [2.45, 2.75) is 418 Å². The van der Waals surface area contributed by atoms with E-state index >= 15 is 0 Å². The maximum atomic E-state index is 12.9. The van der Waals surface area contributed by atoms with Crippen molar-refractivity contribution < 1.29 is 42.1 Å². The van der Waals surface area contributed by atoms with Gasteiger partial charge in [-0.05, 0) is 44.9 Å². The van der Waals surface area contributed by atoms with Gasteiger partial charge in [-0.1, -0.05) is 378 Å². The highest BCUT2D eigenvalue weighted by molar-refractivity contribution is 7.47. The van der Waals surface area contributed by atoms with Gasteiger partial charge in [-0.25, -0.2) is 4.57 Å². The van der Waals surface area contributed by atoms with Crippen LogP contribution in [0.3, 0.4) is 0 Å². The van der Waals surface area contributed by atoms with Crippen molar-refractivity contribution in [3.63, 3.8) is 0 Å². The van der Waals surface area contributed by atoms with Gasteiger partial charge in [0.1, 0.15) is 19.8 Å². The quantitative estimate of drug-likeness (QED) is 0.0211. The monoisotopic (exact) mass is 1260 g/mol. The van der Waals surface area contributed by atoms with Crippen molar-refractivity contribution in [1.29, 1.82) is 0 Å². The highest BCUT2D eigenvalue weighted by Gasteiger charge is 2.27. The normalized spacial score (nSPS) is 13.1. The number of carbonyl (C=O) groups excluding carboxylic acids is 2. The summed E-state index contributed by atoms with van der Waals surface area (Å²) in [6.45, 7) is 4.50. The fourth-order valence-electron chi connectivity index (χ4n) is 12.0. The van der Waals surface area contributed by atoms with E-state index in [1.807, 2.05) is 21.1 Å². The summed E-state index contributed by atoms with van der Waals surface area (Å²) in [5.74, 6) is -0.774. The van der Waals surface area contributed by atoms with Crippen LogP contribution in [0.2, 0.25) is 0 Å². The van der Waals surface area contributed by atoms with Crippen LogP contribution in [-0.2, 0) is 32.7 Å². The summed E-state index contributed by atoms with van der Waals surface area (Å²) < 4.78 is 34.8. The van der Waals surface area contributed by atoms with E-state index in [1.165, 1.54) is 340 Å². The molecule has 0 spiro atoms. The standard InChI is InChI=1S/C78H152NO8P/c1-6-8-10-12-14-16-18-20-22-24-26-28-30-32-33-34-35-36-37-38-39-40-41-42-43-44-45-47-48-50-52-54-56-58-60-62-64-66-68-70-77(80)84-74-76(75-86-88(82,83)85-73-72-79(3,4)5)87-78(81)71-69-67-65-63-61-59-57-55-53-51-49-46-31-29-27-25-23-21-19-17-15-13-11-9-7-2/h19,21,25,27,76H,6-18,20,22-24,26,28-75H2,1-5H3/p+1/b21-19-,27-25-. The number of unbranched alkanes of at least 4 members (excludes halogenated alkanes) is 56. The van der Waals surface area contributed by atoms with E-state index in [0.717, 1.165) is 38.5 Å². The predicted molar refractivity (Wildman–Crippen MR) is 381 cm³/mol. The van der Waals surface area contributed by atoms with Crippen molar-refractivity contribution in [2.24, 2.45) is 0 Å². The summed E-state index contributed by atoms with van der Waals surface area (Å²) in [7, 11) is 1.50. The lowest BCUT2D eigenvalue weighted by atomic mass is 10.0. The Morgan fingerprint density at radius 3 is 0.898 bits per heavy atom. The molecule has 0 saturated carbocycles. The molecule has 2 atom stereocenters. The van der Waals surface area contributed by atoms with E-state index in [1.54, 1.807) is 0 Å². The van der Waals surface area contributed by atoms with Gasteiger partial charge in [0, 0.05) is 12.8 Å². The van der Waals surface area contributed by atoms with E-state index in [4.69, 9.17) is 18.5 Å². The Kier molecular flexibility index (Phi) is 68.6. The minimum atomic E-state index is -4.39. The Balaban J connectivity index is 3.87. The number of nitrogens with zero attached hydrogens (tertiary/aromatic N) is 1. The summed E-state index contributed by atoms with van der Waals surface area (Å²) in [6, 6.07) is 0. The minimum Gasteiger partial charge on any atom is -0.462 e. The largest absolute Gasteiger partial charge is 0.472 e. The summed E-state index contributed by atoms with van der Waals surface area (Å²) in [5.41, 5.74) is 0. The molecule has 0 aromatic rings. The predicted octanol–water partition coefficient (Wildman–Crippen LogP) is 25.6. The van der Waals surface area contributed by atoms with E-state index < -0.39 is 26.5 Å². The molecule has 0 amide bonds. The van der Waals surface area contributed by atoms with E-state index in [9.17, 15) is 19.0 Å².